The molecule has 0 aliphatic heterocycles. The van der Waals surface area contributed by atoms with Crippen molar-refractivity contribution >= 4 is 11.8 Å². The number of esters is 1. The minimum absolute atomic E-state index is 0.0553. The summed E-state index contributed by atoms with van der Waals surface area (Å²) in [6.07, 6.45) is 9.12. The third kappa shape index (κ3) is 4.33. The lowest BCUT2D eigenvalue weighted by molar-refractivity contribution is -0.152. The minimum atomic E-state index is -0.460. The van der Waals surface area contributed by atoms with Crippen LogP contribution in [0.3, 0.4) is 0 Å². The molecule has 0 aromatic heterocycles. The highest BCUT2D eigenvalue weighted by molar-refractivity contribution is 5.99. The zero-order valence-electron chi connectivity index (χ0n) is 10.2. The largest absolute Gasteiger partial charge is 0.465 e. The fourth-order valence-electron chi connectivity index (χ4n) is 1.73. The van der Waals surface area contributed by atoms with Crippen molar-refractivity contribution in [2.75, 3.05) is 6.61 Å². The van der Waals surface area contributed by atoms with Gasteiger partial charge in [-0.05, 0) is 19.8 Å². The van der Waals surface area contributed by atoms with Gasteiger partial charge in [0.05, 0.1) is 6.61 Å². The van der Waals surface area contributed by atoms with Crippen LogP contribution in [0.1, 0.15) is 58.3 Å². The summed E-state index contributed by atoms with van der Waals surface area (Å²) in [6, 6.07) is 0. The van der Waals surface area contributed by atoms with Crippen LogP contribution in [0.2, 0.25) is 0 Å². The molecule has 2 saturated carbocycles. The summed E-state index contributed by atoms with van der Waals surface area (Å²) in [5.41, 5.74) is 0. The first-order valence-electron chi connectivity index (χ1n) is 6.45. The van der Waals surface area contributed by atoms with Crippen molar-refractivity contribution in [2.45, 2.75) is 58.3 Å². The molecule has 2 aliphatic carbocycles. The van der Waals surface area contributed by atoms with Crippen LogP contribution >= 0.6 is 0 Å². The summed E-state index contributed by atoms with van der Waals surface area (Å²) in [4.78, 5) is 22.4. The molecule has 0 aromatic rings. The number of Topliss-reactive ketones (excluding diaryl/α,β-unsaturated/α-hetero) is 1. The Morgan fingerprint density at radius 2 is 1.81 bits per heavy atom. The summed E-state index contributed by atoms with van der Waals surface area (Å²) in [5.74, 6) is -0.736. The summed E-state index contributed by atoms with van der Waals surface area (Å²) in [5, 5.41) is 0. The van der Waals surface area contributed by atoms with Crippen LogP contribution in [0.15, 0.2) is 0 Å². The van der Waals surface area contributed by atoms with Crippen LogP contribution in [0, 0.1) is 5.92 Å². The van der Waals surface area contributed by atoms with E-state index in [-0.39, 0.29) is 11.8 Å². The second-order valence-electron chi connectivity index (χ2n) is 4.43. The maximum Gasteiger partial charge on any atom is 0.316 e. The predicted octanol–water partition coefficient (Wildman–Crippen LogP) is 2.87. The Morgan fingerprint density at radius 3 is 2.25 bits per heavy atom. The molecule has 0 spiro atoms. The molecule has 1 unspecified atom stereocenters. The van der Waals surface area contributed by atoms with Gasteiger partial charge in [0.2, 0.25) is 0 Å². The van der Waals surface area contributed by atoms with Crippen LogP contribution in [0.4, 0.5) is 0 Å². The highest BCUT2D eigenvalue weighted by atomic mass is 16.5. The highest BCUT2D eigenvalue weighted by Gasteiger charge is 2.29. The van der Waals surface area contributed by atoms with E-state index in [0.29, 0.717) is 19.4 Å². The molecule has 16 heavy (non-hydrogen) atoms. The molecule has 92 valence electrons. The molecule has 3 heteroatoms. The molecule has 2 rings (SSSR count). The Kier molecular flexibility index (Phi) is 6.12. The first-order valence-corrected chi connectivity index (χ1v) is 6.45. The number of ether oxygens (including phenoxy) is 1. The Balaban J connectivity index is 0.000000267. The SMILES string of the molecule is C1CCC1.CCOC(=O)C1CCCCC1=O. The van der Waals surface area contributed by atoms with Gasteiger partial charge in [-0.3, -0.25) is 9.59 Å². The lowest BCUT2D eigenvalue weighted by Crippen LogP contribution is -2.28. The normalized spacial score (nSPS) is 23.8. The molecule has 0 amide bonds. The first-order chi connectivity index (χ1) is 7.75. The average Bonchev–Trinajstić information content (AvgIpc) is 2.16. The topological polar surface area (TPSA) is 43.4 Å². The van der Waals surface area contributed by atoms with E-state index in [4.69, 9.17) is 4.74 Å². The standard InChI is InChI=1S/C9H14O3.C4H8/c1-2-12-9(11)7-5-3-4-6-8(7)10;1-2-4-3-1/h7H,2-6H2,1H3;1-4H2. The predicted molar refractivity (Wildman–Crippen MR) is 62.1 cm³/mol. The molecular weight excluding hydrogens is 204 g/mol. The second kappa shape index (κ2) is 7.42. The van der Waals surface area contributed by atoms with Crippen LogP contribution in [-0.2, 0) is 14.3 Å². The second-order valence-corrected chi connectivity index (χ2v) is 4.43. The van der Waals surface area contributed by atoms with Gasteiger partial charge in [-0.2, -0.15) is 0 Å². The zero-order valence-corrected chi connectivity index (χ0v) is 10.2. The maximum atomic E-state index is 11.2. The number of carbonyl (C=O) groups excluding carboxylic acids is 2. The van der Waals surface area contributed by atoms with Crippen LogP contribution in [-0.4, -0.2) is 18.4 Å². The van der Waals surface area contributed by atoms with Crippen molar-refractivity contribution in [3.05, 3.63) is 0 Å². The van der Waals surface area contributed by atoms with Crippen molar-refractivity contribution in [1.29, 1.82) is 0 Å². The smallest absolute Gasteiger partial charge is 0.316 e. The summed E-state index contributed by atoms with van der Waals surface area (Å²) in [6.45, 7) is 2.12. The van der Waals surface area contributed by atoms with Gasteiger partial charge in [0.25, 0.3) is 0 Å². The number of hydrogen-bond acceptors (Lipinski definition) is 3. The van der Waals surface area contributed by atoms with E-state index in [0.717, 1.165) is 12.8 Å². The van der Waals surface area contributed by atoms with Crippen molar-refractivity contribution in [1.82, 2.24) is 0 Å². The molecule has 2 aliphatic rings. The van der Waals surface area contributed by atoms with Gasteiger partial charge >= 0.3 is 5.97 Å². The van der Waals surface area contributed by atoms with Gasteiger partial charge < -0.3 is 4.74 Å². The van der Waals surface area contributed by atoms with Gasteiger partial charge in [-0.25, -0.2) is 0 Å². The van der Waals surface area contributed by atoms with Crippen molar-refractivity contribution in [3.63, 3.8) is 0 Å². The van der Waals surface area contributed by atoms with Gasteiger partial charge in [-0.1, -0.05) is 32.1 Å². The van der Waals surface area contributed by atoms with Gasteiger partial charge in [0, 0.05) is 6.42 Å². The molecule has 0 radical (unpaired) electrons. The fourth-order valence-corrected chi connectivity index (χ4v) is 1.73. The zero-order chi connectivity index (χ0) is 11.8. The van der Waals surface area contributed by atoms with E-state index in [1.165, 1.54) is 25.7 Å². The highest BCUT2D eigenvalue weighted by Crippen LogP contribution is 2.21. The number of ketones is 1. The van der Waals surface area contributed by atoms with Crippen LogP contribution in [0.5, 0.6) is 0 Å². The summed E-state index contributed by atoms with van der Waals surface area (Å²) >= 11 is 0. The number of rotatable bonds is 2. The van der Waals surface area contributed by atoms with E-state index in [2.05, 4.69) is 0 Å². The van der Waals surface area contributed by atoms with E-state index >= 15 is 0 Å². The summed E-state index contributed by atoms with van der Waals surface area (Å²) in [7, 11) is 0. The molecule has 2 fully saturated rings. The van der Waals surface area contributed by atoms with E-state index in [1.54, 1.807) is 6.92 Å². The van der Waals surface area contributed by atoms with E-state index in [1.807, 2.05) is 0 Å². The van der Waals surface area contributed by atoms with Crippen molar-refractivity contribution in [2.24, 2.45) is 5.92 Å². The number of carbonyl (C=O) groups is 2. The molecular formula is C13H22O3. The molecule has 3 nitrogen and oxygen atoms in total. The monoisotopic (exact) mass is 226 g/mol. The Bertz CT molecular complexity index is 227. The molecule has 0 bridgehead atoms. The third-order valence-electron chi connectivity index (χ3n) is 3.13. The molecule has 1 atom stereocenters. The molecule has 0 heterocycles. The molecule has 0 aromatic carbocycles. The molecule has 0 saturated heterocycles. The Morgan fingerprint density at radius 1 is 1.19 bits per heavy atom. The van der Waals surface area contributed by atoms with Crippen molar-refractivity contribution < 1.29 is 14.3 Å². The van der Waals surface area contributed by atoms with Gasteiger partial charge in [0.15, 0.2) is 0 Å². The van der Waals surface area contributed by atoms with Crippen LogP contribution < -0.4 is 0 Å². The van der Waals surface area contributed by atoms with E-state index < -0.39 is 5.92 Å². The van der Waals surface area contributed by atoms with Crippen molar-refractivity contribution in [3.8, 4) is 0 Å². The van der Waals surface area contributed by atoms with Gasteiger partial charge in [0.1, 0.15) is 11.7 Å². The lowest BCUT2D eigenvalue weighted by Gasteiger charge is -2.18. The molecule has 0 N–H and O–H groups in total. The Hall–Kier alpha value is -0.860. The first kappa shape index (κ1) is 13.2. The van der Waals surface area contributed by atoms with Gasteiger partial charge in [-0.15, -0.1) is 0 Å². The third-order valence-corrected chi connectivity index (χ3v) is 3.13. The minimum Gasteiger partial charge on any atom is -0.465 e. The average molecular weight is 226 g/mol. The lowest BCUT2D eigenvalue weighted by atomic mass is 9.88. The Labute approximate surface area is 97.5 Å². The fraction of sp³-hybridized carbons (Fsp3) is 0.846. The van der Waals surface area contributed by atoms with E-state index in [9.17, 15) is 9.59 Å². The number of hydrogen-bond donors (Lipinski definition) is 0. The van der Waals surface area contributed by atoms with Crippen LogP contribution in [0.25, 0.3) is 0 Å². The summed E-state index contributed by atoms with van der Waals surface area (Å²) < 4.78 is 4.79. The maximum absolute atomic E-state index is 11.2. The quantitative estimate of drug-likeness (QED) is 0.537.